The van der Waals surface area contributed by atoms with E-state index < -0.39 is 12.0 Å². The first-order valence-electron chi connectivity index (χ1n) is 5.48. The van der Waals surface area contributed by atoms with Crippen LogP contribution < -0.4 is 5.32 Å². The van der Waals surface area contributed by atoms with Gasteiger partial charge in [0.05, 0.1) is 13.2 Å². The fourth-order valence-electron chi connectivity index (χ4n) is 1.21. The zero-order valence-corrected chi connectivity index (χ0v) is 11.5. The summed E-state index contributed by atoms with van der Waals surface area (Å²) in [5, 5.41) is 12.6. The molecule has 2 N–H and O–H groups in total. The molecule has 0 saturated heterocycles. The molecule has 0 aromatic heterocycles. The first-order chi connectivity index (χ1) is 8.50. The average Bonchev–Trinajstić information content (AvgIpc) is 2.30. The van der Waals surface area contributed by atoms with Gasteiger partial charge in [-0.1, -0.05) is 29.3 Å². The van der Waals surface area contributed by atoms with E-state index in [0.717, 1.165) is 5.56 Å². The van der Waals surface area contributed by atoms with Crippen LogP contribution in [0.3, 0.4) is 0 Å². The highest BCUT2D eigenvalue weighted by Gasteiger charge is 2.07. The lowest BCUT2D eigenvalue weighted by molar-refractivity contribution is -0.128. The van der Waals surface area contributed by atoms with E-state index in [9.17, 15) is 4.79 Å². The van der Waals surface area contributed by atoms with E-state index in [1.165, 1.54) is 6.92 Å². The van der Waals surface area contributed by atoms with Crippen molar-refractivity contribution in [1.29, 1.82) is 0 Å². The number of rotatable bonds is 6. The van der Waals surface area contributed by atoms with Crippen molar-refractivity contribution in [2.45, 2.75) is 19.6 Å². The number of aliphatic hydroxyl groups is 1. The normalized spacial score (nSPS) is 12.2. The third kappa shape index (κ3) is 5.23. The van der Waals surface area contributed by atoms with Crippen LogP contribution in [0.15, 0.2) is 18.2 Å². The maximum atomic E-state index is 11.0. The molecule has 1 atom stereocenters. The van der Waals surface area contributed by atoms with Crippen LogP contribution in [0.4, 0.5) is 0 Å². The molecule has 4 nitrogen and oxygen atoms in total. The Morgan fingerprint density at radius 3 is 2.83 bits per heavy atom. The van der Waals surface area contributed by atoms with Crippen LogP contribution in [0.25, 0.3) is 0 Å². The van der Waals surface area contributed by atoms with Crippen LogP contribution in [0, 0.1) is 0 Å². The third-order valence-corrected chi connectivity index (χ3v) is 2.78. The molecule has 0 aliphatic rings. The number of hydrogen-bond donors (Lipinski definition) is 2. The van der Waals surface area contributed by atoms with Crippen molar-refractivity contribution in [3.05, 3.63) is 33.8 Å². The van der Waals surface area contributed by atoms with Gasteiger partial charge in [-0.15, -0.1) is 0 Å². The molecule has 0 fully saturated rings. The highest BCUT2D eigenvalue weighted by molar-refractivity contribution is 6.35. The van der Waals surface area contributed by atoms with Crippen LogP contribution in [-0.4, -0.2) is 30.3 Å². The average molecular weight is 292 g/mol. The number of benzene rings is 1. The molecule has 0 unspecified atom stereocenters. The van der Waals surface area contributed by atoms with E-state index >= 15 is 0 Å². The predicted octanol–water partition coefficient (Wildman–Crippen LogP) is 2.01. The molecule has 0 saturated carbocycles. The Kier molecular flexibility index (Phi) is 6.43. The van der Waals surface area contributed by atoms with E-state index in [2.05, 4.69) is 5.32 Å². The summed E-state index contributed by atoms with van der Waals surface area (Å²) in [4.78, 5) is 11.0. The lowest BCUT2D eigenvalue weighted by Gasteiger charge is -2.08. The lowest BCUT2D eigenvalue weighted by atomic mass is 10.2. The molecule has 6 heteroatoms. The highest BCUT2D eigenvalue weighted by atomic mass is 35.5. The van der Waals surface area contributed by atoms with Gasteiger partial charge < -0.3 is 15.2 Å². The van der Waals surface area contributed by atoms with Crippen molar-refractivity contribution in [3.8, 4) is 0 Å². The van der Waals surface area contributed by atoms with Gasteiger partial charge >= 0.3 is 0 Å². The number of amides is 1. The Balaban J connectivity index is 2.24. The van der Waals surface area contributed by atoms with Gasteiger partial charge in [-0.2, -0.15) is 0 Å². The summed E-state index contributed by atoms with van der Waals surface area (Å²) < 4.78 is 5.35. The van der Waals surface area contributed by atoms with Crippen molar-refractivity contribution in [3.63, 3.8) is 0 Å². The largest absolute Gasteiger partial charge is 0.384 e. The SMILES string of the molecule is C[C@@H](O)C(=O)NCCOCc1ccc(Cl)cc1Cl. The molecule has 18 heavy (non-hydrogen) atoms. The highest BCUT2D eigenvalue weighted by Crippen LogP contribution is 2.21. The topological polar surface area (TPSA) is 58.6 Å². The molecule has 0 spiro atoms. The monoisotopic (exact) mass is 291 g/mol. The summed E-state index contributed by atoms with van der Waals surface area (Å²) in [5.41, 5.74) is 0.836. The molecular weight excluding hydrogens is 277 g/mol. The third-order valence-electron chi connectivity index (χ3n) is 2.20. The van der Waals surface area contributed by atoms with Crippen molar-refractivity contribution < 1.29 is 14.6 Å². The number of ether oxygens (including phenoxy) is 1. The second-order valence-electron chi connectivity index (χ2n) is 3.76. The summed E-state index contributed by atoms with van der Waals surface area (Å²) in [6.07, 6.45) is -1.00. The standard InChI is InChI=1S/C12H15Cl2NO3/c1-8(16)12(17)15-4-5-18-7-9-2-3-10(13)6-11(9)14/h2-3,6,8,16H,4-5,7H2,1H3,(H,15,17)/t8-/m1/s1. The van der Waals surface area contributed by atoms with E-state index in [1.807, 2.05) is 0 Å². The molecule has 0 aliphatic carbocycles. The summed E-state index contributed by atoms with van der Waals surface area (Å²) >= 11 is 11.7. The van der Waals surface area contributed by atoms with Gasteiger partial charge in [0.1, 0.15) is 6.10 Å². The van der Waals surface area contributed by atoms with Gasteiger partial charge in [0.2, 0.25) is 5.91 Å². The van der Waals surface area contributed by atoms with Gasteiger partial charge in [0.25, 0.3) is 0 Å². The molecular formula is C12H15Cl2NO3. The Labute approximate surface area is 116 Å². The summed E-state index contributed by atoms with van der Waals surface area (Å²) in [5.74, 6) is -0.414. The smallest absolute Gasteiger partial charge is 0.248 e. The molecule has 1 rings (SSSR count). The fourth-order valence-corrected chi connectivity index (χ4v) is 1.68. The molecule has 1 aromatic rings. The zero-order chi connectivity index (χ0) is 13.5. The number of aliphatic hydroxyl groups excluding tert-OH is 1. The lowest BCUT2D eigenvalue weighted by Crippen LogP contribution is -2.34. The predicted molar refractivity (Wildman–Crippen MR) is 70.8 cm³/mol. The maximum Gasteiger partial charge on any atom is 0.248 e. The molecule has 1 amide bonds. The Hall–Kier alpha value is -0.810. The van der Waals surface area contributed by atoms with E-state index in [4.69, 9.17) is 33.0 Å². The van der Waals surface area contributed by atoms with Gasteiger partial charge in [0.15, 0.2) is 0 Å². The number of carbonyl (C=O) groups excluding carboxylic acids is 1. The van der Waals surface area contributed by atoms with Crippen LogP contribution in [-0.2, 0) is 16.1 Å². The van der Waals surface area contributed by atoms with Gasteiger partial charge in [0, 0.05) is 16.6 Å². The second-order valence-corrected chi connectivity index (χ2v) is 4.60. The Morgan fingerprint density at radius 2 is 2.22 bits per heavy atom. The van der Waals surface area contributed by atoms with E-state index in [1.54, 1.807) is 18.2 Å². The molecule has 0 bridgehead atoms. The van der Waals surface area contributed by atoms with E-state index in [-0.39, 0.29) is 0 Å². The number of nitrogens with one attached hydrogen (secondary N) is 1. The quantitative estimate of drug-likeness (QED) is 0.789. The van der Waals surface area contributed by atoms with E-state index in [0.29, 0.717) is 29.8 Å². The second kappa shape index (κ2) is 7.59. The first kappa shape index (κ1) is 15.2. The summed E-state index contributed by atoms with van der Waals surface area (Å²) in [6.45, 7) is 2.44. The van der Waals surface area contributed by atoms with Gasteiger partial charge in [-0.05, 0) is 24.6 Å². The minimum absolute atomic E-state index is 0.342. The maximum absolute atomic E-state index is 11.0. The summed E-state index contributed by atoms with van der Waals surface area (Å²) in [6, 6.07) is 5.18. The van der Waals surface area contributed by atoms with Crippen molar-refractivity contribution in [2.24, 2.45) is 0 Å². The van der Waals surface area contributed by atoms with Crippen LogP contribution in [0.2, 0.25) is 10.0 Å². The Bertz CT molecular complexity index is 410. The van der Waals surface area contributed by atoms with Crippen LogP contribution >= 0.6 is 23.2 Å². The Morgan fingerprint density at radius 1 is 1.50 bits per heavy atom. The minimum atomic E-state index is -1.00. The number of carbonyl (C=O) groups is 1. The minimum Gasteiger partial charge on any atom is -0.384 e. The van der Waals surface area contributed by atoms with Gasteiger partial charge in [-0.25, -0.2) is 0 Å². The van der Waals surface area contributed by atoms with Crippen molar-refractivity contribution >= 4 is 29.1 Å². The van der Waals surface area contributed by atoms with Crippen LogP contribution in [0.1, 0.15) is 12.5 Å². The van der Waals surface area contributed by atoms with Crippen LogP contribution in [0.5, 0.6) is 0 Å². The molecule has 0 aliphatic heterocycles. The number of hydrogen-bond acceptors (Lipinski definition) is 3. The fraction of sp³-hybridized carbons (Fsp3) is 0.417. The number of halogens is 2. The van der Waals surface area contributed by atoms with Crippen molar-refractivity contribution in [1.82, 2.24) is 5.32 Å². The van der Waals surface area contributed by atoms with Crippen molar-refractivity contribution in [2.75, 3.05) is 13.2 Å². The molecule has 0 heterocycles. The summed E-state index contributed by atoms with van der Waals surface area (Å²) in [7, 11) is 0. The molecule has 1 aromatic carbocycles. The molecule has 0 radical (unpaired) electrons. The zero-order valence-electron chi connectivity index (χ0n) is 9.95. The van der Waals surface area contributed by atoms with Gasteiger partial charge in [-0.3, -0.25) is 4.79 Å². The first-order valence-corrected chi connectivity index (χ1v) is 6.23. The molecule has 100 valence electrons.